The number of aromatic nitrogens is 2. The number of rotatable bonds is 9. The minimum atomic E-state index is -3.84. The molecule has 0 saturated heterocycles. The average Bonchev–Trinajstić information content (AvgIpc) is 2.76. The number of hydrogen-bond acceptors (Lipinski definition) is 8. The van der Waals surface area contributed by atoms with Crippen LogP contribution in [0.15, 0.2) is 53.6 Å². The molecule has 0 fully saturated rings. The molecule has 2 heterocycles. The molecule has 3 aromatic rings. The van der Waals surface area contributed by atoms with E-state index in [0.29, 0.717) is 11.1 Å². The van der Waals surface area contributed by atoms with Gasteiger partial charge in [0.05, 0.1) is 16.2 Å². The molecule has 31 heavy (non-hydrogen) atoms. The van der Waals surface area contributed by atoms with E-state index >= 15 is 0 Å². The van der Waals surface area contributed by atoms with Crippen LogP contribution in [-0.2, 0) is 10.0 Å². The fourth-order valence-electron chi connectivity index (χ4n) is 2.84. The number of thiol groups is 1. The summed E-state index contributed by atoms with van der Waals surface area (Å²) in [6.07, 6.45) is 1.33. The summed E-state index contributed by atoms with van der Waals surface area (Å²) in [6, 6.07) is 11.5. The van der Waals surface area contributed by atoms with Crippen LogP contribution in [0.25, 0.3) is 10.9 Å². The molecule has 1 N–H and O–H groups in total. The Balaban J connectivity index is 1.80. The number of fused-ring (bicyclic) bond motifs is 1. The van der Waals surface area contributed by atoms with Gasteiger partial charge in [-0.15, -0.1) is 0 Å². The van der Waals surface area contributed by atoms with Crippen molar-refractivity contribution in [2.24, 2.45) is 0 Å². The lowest BCUT2D eigenvalue weighted by Crippen LogP contribution is -2.28. The maximum absolute atomic E-state index is 12.8. The molecule has 10 heteroatoms. The lowest BCUT2D eigenvalue weighted by molar-refractivity contribution is 0.102. The summed E-state index contributed by atoms with van der Waals surface area (Å²) >= 11 is 3.94. The van der Waals surface area contributed by atoms with Crippen molar-refractivity contribution in [3.05, 3.63) is 54.2 Å². The number of hydrogen-bond donors (Lipinski definition) is 2. The molecule has 0 amide bonds. The Morgan fingerprint density at radius 1 is 1.06 bits per heavy atom. The van der Waals surface area contributed by atoms with Crippen LogP contribution in [0.2, 0.25) is 0 Å². The van der Waals surface area contributed by atoms with Crippen LogP contribution in [0.4, 0.5) is 11.6 Å². The summed E-state index contributed by atoms with van der Waals surface area (Å²) in [5.74, 6) is 0.833. The fraction of sp³-hybridized carbons (Fsp3) is 0.286. The molecule has 1 aromatic carbocycles. The number of Topliss-reactive ketones (excluding diaryl/α,β-unsaturated/α-hetero) is 1. The number of benzene rings is 1. The van der Waals surface area contributed by atoms with Crippen molar-refractivity contribution >= 4 is 51.0 Å². The highest BCUT2D eigenvalue weighted by Gasteiger charge is 2.16. The summed E-state index contributed by atoms with van der Waals surface area (Å²) in [5, 5.41) is 0.718. The van der Waals surface area contributed by atoms with E-state index in [1.54, 1.807) is 12.1 Å². The molecule has 0 unspecified atom stereocenters. The minimum Gasteiger partial charge on any atom is -0.358 e. The Morgan fingerprint density at radius 2 is 1.84 bits per heavy atom. The van der Waals surface area contributed by atoms with E-state index in [4.69, 9.17) is 0 Å². The molecule has 8 nitrogen and oxygen atoms in total. The van der Waals surface area contributed by atoms with Crippen molar-refractivity contribution in [1.82, 2.24) is 14.9 Å². The van der Waals surface area contributed by atoms with E-state index in [9.17, 15) is 13.2 Å². The lowest BCUT2D eigenvalue weighted by Gasteiger charge is -2.20. The number of ketones is 1. The van der Waals surface area contributed by atoms with Gasteiger partial charge in [-0.3, -0.25) is 9.52 Å². The zero-order valence-electron chi connectivity index (χ0n) is 17.6. The number of anilines is 2. The highest BCUT2D eigenvalue weighted by Crippen LogP contribution is 2.22. The summed E-state index contributed by atoms with van der Waals surface area (Å²) in [5.41, 5.74) is 1.09. The van der Waals surface area contributed by atoms with Crippen molar-refractivity contribution in [2.75, 3.05) is 49.6 Å². The maximum atomic E-state index is 12.8. The summed E-state index contributed by atoms with van der Waals surface area (Å²) < 4.78 is 28.0. The van der Waals surface area contributed by atoms with Crippen LogP contribution in [-0.4, -0.2) is 69.1 Å². The van der Waals surface area contributed by atoms with Crippen LogP contribution >= 0.6 is 12.6 Å². The second-order valence-corrected chi connectivity index (χ2v) is 9.37. The largest absolute Gasteiger partial charge is 0.358 e. The number of pyridine rings is 2. The fourth-order valence-corrected chi connectivity index (χ4v) is 4.07. The van der Waals surface area contributed by atoms with E-state index in [-0.39, 0.29) is 22.2 Å². The van der Waals surface area contributed by atoms with Gasteiger partial charge < -0.3 is 9.80 Å². The Morgan fingerprint density at radius 3 is 2.48 bits per heavy atom. The first-order valence-corrected chi connectivity index (χ1v) is 11.7. The first kappa shape index (κ1) is 23.0. The molecular formula is C21H25N5O3S2. The topological polar surface area (TPSA) is 95.5 Å². The average molecular weight is 460 g/mol. The van der Waals surface area contributed by atoms with Gasteiger partial charge >= 0.3 is 0 Å². The number of likely N-dealkylation sites (N-methyl/N-ethyl adjacent to an activating group) is 2. The summed E-state index contributed by atoms with van der Waals surface area (Å²) in [6.45, 7) is 1.73. The van der Waals surface area contributed by atoms with Gasteiger partial charge in [-0.2, -0.15) is 12.6 Å². The van der Waals surface area contributed by atoms with Crippen molar-refractivity contribution in [3.63, 3.8) is 0 Å². The quantitative estimate of drug-likeness (QED) is 0.375. The summed E-state index contributed by atoms with van der Waals surface area (Å²) in [7, 11) is 2.16. The lowest BCUT2D eigenvalue weighted by atomic mass is 10.2. The van der Waals surface area contributed by atoms with Crippen molar-refractivity contribution in [1.29, 1.82) is 0 Å². The molecule has 3 rings (SSSR count). The van der Waals surface area contributed by atoms with Gasteiger partial charge in [0, 0.05) is 37.3 Å². The van der Waals surface area contributed by atoms with Crippen molar-refractivity contribution in [3.8, 4) is 0 Å². The molecular weight excluding hydrogens is 434 g/mol. The standard InChI is InChI=1S/C21H25N5O3S2/c1-25(2)10-11-26(3)21-9-5-15-12-17(6-7-18(15)23-21)31(28,29)24-20-8-4-16(13-22-20)19(27)14-30/h4-9,12-13,30H,10-11,14H2,1-3H3,(H,22,24). The number of nitrogens with one attached hydrogen (secondary N) is 1. The second-order valence-electron chi connectivity index (χ2n) is 7.37. The molecule has 0 radical (unpaired) electrons. The number of carbonyl (C=O) groups excluding carboxylic acids is 1. The zero-order chi connectivity index (χ0) is 22.6. The zero-order valence-corrected chi connectivity index (χ0v) is 19.3. The van der Waals surface area contributed by atoms with Gasteiger partial charge in [0.1, 0.15) is 11.6 Å². The molecule has 164 valence electrons. The van der Waals surface area contributed by atoms with Crippen LogP contribution < -0.4 is 9.62 Å². The molecule has 0 spiro atoms. The van der Waals surface area contributed by atoms with Crippen LogP contribution in [0.3, 0.4) is 0 Å². The highest BCUT2D eigenvalue weighted by atomic mass is 32.2. The second kappa shape index (κ2) is 9.63. The van der Waals surface area contributed by atoms with Gasteiger partial charge in [-0.25, -0.2) is 18.4 Å². The molecule has 0 saturated carbocycles. The third-order valence-electron chi connectivity index (χ3n) is 4.70. The minimum absolute atomic E-state index is 0.0606. The van der Waals surface area contributed by atoms with E-state index in [1.165, 1.54) is 24.4 Å². The van der Waals surface area contributed by atoms with E-state index in [0.717, 1.165) is 24.3 Å². The highest BCUT2D eigenvalue weighted by molar-refractivity contribution is 7.92. The Kier molecular flexibility index (Phi) is 7.14. The van der Waals surface area contributed by atoms with E-state index in [2.05, 4.69) is 37.1 Å². The molecule has 0 atom stereocenters. The van der Waals surface area contributed by atoms with Crippen molar-refractivity contribution < 1.29 is 13.2 Å². The Hall–Kier alpha value is -2.69. The molecule has 0 aliphatic heterocycles. The monoisotopic (exact) mass is 459 g/mol. The Bertz CT molecular complexity index is 1180. The van der Waals surface area contributed by atoms with Gasteiger partial charge in [0.15, 0.2) is 5.78 Å². The molecule has 0 aliphatic rings. The maximum Gasteiger partial charge on any atom is 0.263 e. The van der Waals surface area contributed by atoms with E-state index < -0.39 is 10.0 Å². The smallest absolute Gasteiger partial charge is 0.263 e. The summed E-state index contributed by atoms with van der Waals surface area (Å²) in [4.78, 5) is 24.5. The first-order valence-electron chi connectivity index (χ1n) is 9.59. The predicted octanol–water partition coefficient (Wildman–Crippen LogP) is 2.54. The molecule has 0 bridgehead atoms. The third-order valence-corrected chi connectivity index (χ3v) is 6.34. The molecule has 0 aliphatic carbocycles. The number of nitrogens with zero attached hydrogens (tertiary/aromatic N) is 4. The van der Waals surface area contributed by atoms with Gasteiger partial charge in [0.2, 0.25) is 0 Å². The normalized spacial score (nSPS) is 11.6. The van der Waals surface area contributed by atoms with Crippen molar-refractivity contribution in [2.45, 2.75) is 4.90 Å². The predicted molar refractivity (Wildman–Crippen MR) is 127 cm³/mol. The van der Waals surface area contributed by atoms with E-state index in [1.807, 2.05) is 33.3 Å². The Labute approximate surface area is 187 Å². The van der Waals surface area contributed by atoms with Crippen LogP contribution in [0.1, 0.15) is 10.4 Å². The third kappa shape index (κ3) is 5.72. The van der Waals surface area contributed by atoms with Gasteiger partial charge in [0.25, 0.3) is 10.0 Å². The van der Waals surface area contributed by atoms with Crippen LogP contribution in [0, 0.1) is 0 Å². The molecule has 2 aromatic heterocycles. The number of carbonyl (C=O) groups is 1. The van der Waals surface area contributed by atoms with Gasteiger partial charge in [-0.05, 0) is 56.6 Å². The van der Waals surface area contributed by atoms with Crippen LogP contribution in [0.5, 0.6) is 0 Å². The number of sulfonamides is 1. The SMILES string of the molecule is CN(C)CCN(C)c1ccc2cc(S(=O)(=O)Nc3ccc(C(=O)CS)cn3)ccc2n1. The first-order chi connectivity index (χ1) is 14.7. The van der Waals surface area contributed by atoms with Gasteiger partial charge in [-0.1, -0.05) is 0 Å².